The number of aryl methyl sites for hydroxylation is 1. The van der Waals surface area contributed by atoms with Crippen molar-refractivity contribution in [1.82, 2.24) is 15.1 Å². The quantitative estimate of drug-likeness (QED) is 0.787. The number of hydrogen-bond acceptors (Lipinski definition) is 3. The Balaban J connectivity index is 2.14. The molecule has 1 N–H and O–H groups in total. The summed E-state index contributed by atoms with van der Waals surface area (Å²) in [4.78, 5) is 0. The zero-order valence-electron chi connectivity index (χ0n) is 12.1. The summed E-state index contributed by atoms with van der Waals surface area (Å²) in [6, 6.07) is 10.1. The first-order valence-electron chi connectivity index (χ1n) is 6.82. The van der Waals surface area contributed by atoms with Crippen molar-refractivity contribution in [2.75, 3.05) is 13.2 Å². The Kier molecular flexibility index (Phi) is 4.96. The van der Waals surface area contributed by atoms with Crippen LogP contribution in [0.2, 0.25) is 0 Å². The van der Waals surface area contributed by atoms with Gasteiger partial charge in [-0.1, -0.05) is 19.6 Å². The van der Waals surface area contributed by atoms with Crippen LogP contribution in [0.5, 0.6) is 5.75 Å². The Bertz CT molecular complexity index is 558. The first-order chi connectivity index (χ1) is 9.74. The molecule has 0 saturated heterocycles. The zero-order valence-corrected chi connectivity index (χ0v) is 12.1. The topological polar surface area (TPSA) is 39.1 Å². The third-order valence-electron chi connectivity index (χ3n) is 3.00. The molecule has 20 heavy (non-hydrogen) atoms. The Hall–Kier alpha value is -2.07. The van der Waals surface area contributed by atoms with E-state index in [1.807, 2.05) is 36.0 Å². The highest BCUT2D eigenvalue weighted by Crippen LogP contribution is 2.22. The molecule has 0 aliphatic heterocycles. The number of hydrogen-bond donors (Lipinski definition) is 1. The predicted octanol–water partition coefficient (Wildman–Crippen LogP) is 2.76. The third-order valence-corrected chi connectivity index (χ3v) is 3.00. The maximum absolute atomic E-state index is 5.48. The van der Waals surface area contributed by atoms with Gasteiger partial charge in [-0.05, 0) is 36.9 Å². The molecule has 0 amide bonds. The van der Waals surface area contributed by atoms with Gasteiger partial charge in [0.05, 0.1) is 11.4 Å². The van der Waals surface area contributed by atoms with Gasteiger partial charge in [0.15, 0.2) is 0 Å². The molecule has 1 aromatic heterocycles. The molecule has 0 bridgehead atoms. The lowest BCUT2D eigenvalue weighted by Gasteiger charge is -2.05. The van der Waals surface area contributed by atoms with E-state index in [0.29, 0.717) is 6.61 Å². The van der Waals surface area contributed by atoms with Crippen molar-refractivity contribution >= 4 is 0 Å². The summed E-state index contributed by atoms with van der Waals surface area (Å²) < 4.78 is 7.39. The van der Waals surface area contributed by atoms with Crippen LogP contribution in [0.3, 0.4) is 0 Å². The van der Waals surface area contributed by atoms with Crippen molar-refractivity contribution in [3.8, 4) is 17.0 Å². The number of nitrogens with zero attached hydrogens (tertiary/aromatic N) is 2. The van der Waals surface area contributed by atoms with Crippen LogP contribution in [0.1, 0.15) is 12.6 Å². The average molecular weight is 271 g/mol. The molecule has 0 unspecified atom stereocenters. The van der Waals surface area contributed by atoms with Gasteiger partial charge in [-0.2, -0.15) is 5.10 Å². The molecule has 1 heterocycles. The molecule has 1 aromatic carbocycles. The fraction of sp³-hybridized carbons (Fsp3) is 0.312. The second-order valence-electron chi connectivity index (χ2n) is 4.55. The van der Waals surface area contributed by atoms with E-state index in [1.54, 1.807) is 6.08 Å². The summed E-state index contributed by atoms with van der Waals surface area (Å²) in [6.07, 6.45) is 1.74. The van der Waals surface area contributed by atoms with E-state index in [2.05, 4.69) is 30.0 Å². The van der Waals surface area contributed by atoms with E-state index in [4.69, 9.17) is 4.74 Å². The summed E-state index contributed by atoms with van der Waals surface area (Å²) in [7, 11) is 1.97. The molecular weight excluding hydrogens is 250 g/mol. The van der Waals surface area contributed by atoms with E-state index >= 15 is 0 Å². The fourth-order valence-electron chi connectivity index (χ4n) is 2.01. The van der Waals surface area contributed by atoms with Crippen molar-refractivity contribution in [1.29, 1.82) is 0 Å². The van der Waals surface area contributed by atoms with Crippen molar-refractivity contribution in [3.05, 3.63) is 48.7 Å². The summed E-state index contributed by atoms with van der Waals surface area (Å²) in [6.45, 7) is 7.99. The largest absolute Gasteiger partial charge is 0.490 e. The van der Waals surface area contributed by atoms with E-state index in [9.17, 15) is 0 Å². The van der Waals surface area contributed by atoms with Crippen LogP contribution < -0.4 is 10.1 Å². The summed E-state index contributed by atoms with van der Waals surface area (Å²) in [5.74, 6) is 0.851. The maximum Gasteiger partial charge on any atom is 0.119 e. The Morgan fingerprint density at radius 2 is 2.10 bits per heavy atom. The average Bonchev–Trinajstić information content (AvgIpc) is 2.84. The first kappa shape index (κ1) is 14.3. The highest BCUT2D eigenvalue weighted by Gasteiger charge is 2.07. The molecule has 0 fully saturated rings. The molecule has 0 atom stereocenters. The smallest absolute Gasteiger partial charge is 0.119 e. The van der Waals surface area contributed by atoms with Gasteiger partial charge in [0.1, 0.15) is 12.4 Å². The van der Waals surface area contributed by atoms with Crippen molar-refractivity contribution in [2.24, 2.45) is 7.05 Å². The van der Waals surface area contributed by atoms with Crippen LogP contribution in [0, 0.1) is 0 Å². The van der Waals surface area contributed by atoms with Crippen LogP contribution in [0.15, 0.2) is 43.0 Å². The van der Waals surface area contributed by atoms with Crippen LogP contribution in [0.25, 0.3) is 11.3 Å². The van der Waals surface area contributed by atoms with E-state index in [-0.39, 0.29) is 0 Å². The molecule has 4 nitrogen and oxygen atoms in total. The van der Waals surface area contributed by atoms with E-state index in [1.165, 1.54) is 0 Å². The predicted molar refractivity (Wildman–Crippen MR) is 81.7 cm³/mol. The second-order valence-corrected chi connectivity index (χ2v) is 4.55. The van der Waals surface area contributed by atoms with E-state index < -0.39 is 0 Å². The Morgan fingerprint density at radius 1 is 1.35 bits per heavy atom. The SMILES string of the molecule is C=CCOc1ccc(-c2cc(CNCC)nn2C)cc1. The number of aromatic nitrogens is 2. The van der Waals surface area contributed by atoms with Crippen LogP contribution in [-0.4, -0.2) is 22.9 Å². The number of rotatable bonds is 7. The Morgan fingerprint density at radius 3 is 2.75 bits per heavy atom. The summed E-state index contributed by atoms with van der Waals surface area (Å²) in [5.41, 5.74) is 3.29. The monoisotopic (exact) mass is 271 g/mol. The maximum atomic E-state index is 5.48. The summed E-state index contributed by atoms with van der Waals surface area (Å²) in [5, 5.41) is 7.79. The lowest BCUT2D eigenvalue weighted by atomic mass is 10.1. The van der Waals surface area contributed by atoms with E-state index in [0.717, 1.165) is 35.8 Å². The number of nitrogens with one attached hydrogen (secondary N) is 1. The lowest BCUT2D eigenvalue weighted by Crippen LogP contribution is -2.12. The van der Waals surface area contributed by atoms with Crippen molar-refractivity contribution < 1.29 is 4.74 Å². The van der Waals surface area contributed by atoms with Gasteiger partial charge in [-0.15, -0.1) is 0 Å². The second kappa shape index (κ2) is 6.91. The standard InChI is InChI=1S/C16H21N3O/c1-4-10-20-15-8-6-13(7-9-15)16-11-14(12-17-5-2)18-19(16)3/h4,6-9,11,17H,1,5,10,12H2,2-3H3. The normalized spacial score (nSPS) is 10.5. The van der Waals surface area contributed by atoms with Crippen LogP contribution in [0.4, 0.5) is 0 Å². The summed E-state index contributed by atoms with van der Waals surface area (Å²) >= 11 is 0. The molecule has 4 heteroatoms. The minimum Gasteiger partial charge on any atom is -0.490 e. The zero-order chi connectivity index (χ0) is 14.4. The minimum atomic E-state index is 0.526. The molecule has 0 saturated carbocycles. The van der Waals surface area contributed by atoms with Gasteiger partial charge in [-0.3, -0.25) is 4.68 Å². The van der Waals surface area contributed by atoms with Gasteiger partial charge >= 0.3 is 0 Å². The Labute approximate surface area is 120 Å². The van der Waals surface area contributed by atoms with Gasteiger partial charge in [0.25, 0.3) is 0 Å². The molecule has 106 valence electrons. The molecule has 2 rings (SSSR count). The van der Waals surface area contributed by atoms with Crippen molar-refractivity contribution in [3.63, 3.8) is 0 Å². The van der Waals surface area contributed by atoms with Crippen LogP contribution >= 0.6 is 0 Å². The number of benzene rings is 1. The molecule has 0 aliphatic carbocycles. The molecule has 0 aliphatic rings. The van der Waals surface area contributed by atoms with Crippen LogP contribution in [-0.2, 0) is 13.6 Å². The van der Waals surface area contributed by atoms with Gasteiger partial charge in [0, 0.05) is 19.2 Å². The third kappa shape index (κ3) is 3.48. The highest BCUT2D eigenvalue weighted by atomic mass is 16.5. The molecule has 0 radical (unpaired) electrons. The first-order valence-corrected chi connectivity index (χ1v) is 6.82. The molecule has 0 spiro atoms. The van der Waals surface area contributed by atoms with Crippen molar-refractivity contribution in [2.45, 2.75) is 13.5 Å². The highest BCUT2D eigenvalue weighted by molar-refractivity contribution is 5.61. The minimum absolute atomic E-state index is 0.526. The van der Waals surface area contributed by atoms with Gasteiger partial charge in [0.2, 0.25) is 0 Å². The molecular formula is C16H21N3O. The fourth-order valence-corrected chi connectivity index (χ4v) is 2.01. The number of ether oxygens (including phenoxy) is 1. The van der Waals surface area contributed by atoms with Gasteiger partial charge in [-0.25, -0.2) is 0 Å². The lowest BCUT2D eigenvalue weighted by molar-refractivity contribution is 0.363. The molecule has 2 aromatic rings. The van der Waals surface area contributed by atoms with Gasteiger partial charge < -0.3 is 10.1 Å².